The lowest BCUT2D eigenvalue weighted by atomic mass is 10.0. The summed E-state index contributed by atoms with van der Waals surface area (Å²) in [5.74, 6) is 0.608. The van der Waals surface area contributed by atoms with Crippen LogP contribution < -0.4 is 5.32 Å². The quantitative estimate of drug-likeness (QED) is 0.843. The Morgan fingerprint density at radius 1 is 1.31 bits per heavy atom. The Kier molecular flexibility index (Phi) is 3.31. The number of hydrogen-bond acceptors (Lipinski definition) is 2. The predicted octanol–water partition coefficient (Wildman–Crippen LogP) is 4.05. The summed E-state index contributed by atoms with van der Waals surface area (Å²) in [4.78, 5) is 1.46. The molecule has 1 aromatic heterocycles. The second-order valence-corrected chi connectivity index (χ2v) is 5.73. The highest BCUT2D eigenvalue weighted by Crippen LogP contribution is 2.32. The molecule has 0 bridgehead atoms. The van der Waals surface area contributed by atoms with Gasteiger partial charge in [-0.25, -0.2) is 0 Å². The van der Waals surface area contributed by atoms with Crippen LogP contribution in [0.4, 0.5) is 0 Å². The van der Waals surface area contributed by atoms with Crippen molar-refractivity contribution in [3.05, 3.63) is 34.2 Å². The molecular formula is C14H19NS. The monoisotopic (exact) mass is 233 g/mol. The number of aryl methyl sites for hydroxylation is 1. The van der Waals surface area contributed by atoms with Gasteiger partial charge in [0, 0.05) is 16.1 Å². The van der Waals surface area contributed by atoms with Gasteiger partial charge in [-0.05, 0) is 48.5 Å². The zero-order valence-corrected chi connectivity index (χ0v) is 11.2. The van der Waals surface area contributed by atoms with Crippen LogP contribution in [0.2, 0.25) is 0 Å². The number of benzene rings is 1. The van der Waals surface area contributed by atoms with Gasteiger partial charge in [0.25, 0.3) is 0 Å². The summed E-state index contributed by atoms with van der Waals surface area (Å²) in [5, 5.41) is 4.67. The highest BCUT2D eigenvalue weighted by Gasteiger charge is 2.09. The Morgan fingerprint density at radius 2 is 2.06 bits per heavy atom. The summed E-state index contributed by atoms with van der Waals surface area (Å²) in [6, 6.07) is 6.87. The lowest BCUT2D eigenvalue weighted by Crippen LogP contribution is -2.03. The maximum atomic E-state index is 3.23. The van der Waals surface area contributed by atoms with Crippen LogP contribution in [0.5, 0.6) is 0 Å². The first-order valence-corrected chi connectivity index (χ1v) is 6.61. The third kappa shape index (κ3) is 2.00. The van der Waals surface area contributed by atoms with E-state index in [0.29, 0.717) is 5.92 Å². The molecule has 0 atom stereocenters. The summed E-state index contributed by atoms with van der Waals surface area (Å²) >= 11 is 1.91. The lowest BCUT2D eigenvalue weighted by molar-refractivity contribution is 0.827. The number of fused-ring (bicyclic) bond motifs is 1. The molecule has 0 saturated heterocycles. The number of rotatable bonds is 3. The van der Waals surface area contributed by atoms with Crippen LogP contribution in [0, 0.1) is 6.92 Å². The van der Waals surface area contributed by atoms with Gasteiger partial charge in [0.15, 0.2) is 0 Å². The van der Waals surface area contributed by atoms with Crippen molar-refractivity contribution in [3.63, 3.8) is 0 Å². The maximum absolute atomic E-state index is 3.23. The molecule has 0 amide bonds. The van der Waals surface area contributed by atoms with Crippen LogP contribution in [0.3, 0.4) is 0 Å². The van der Waals surface area contributed by atoms with Crippen molar-refractivity contribution in [2.75, 3.05) is 7.05 Å². The average molecular weight is 233 g/mol. The predicted molar refractivity (Wildman–Crippen MR) is 73.4 cm³/mol. The summed E-state index contributed by atoms with van der Waals surface area (Å²) in [6.45, 7) is 7.70. The number of thiophene rings is 1. The van der Waals surface area contributed by atoms with E-state index in [-0.39, 0.29) is 0 Å². The molecule has 1 N–H and O–H groups in total. The van der Waals surface area contributed by atoms with E-state index in [1.54, 1.807) is 0 Å². The van der Waals surface area contributed by atoms with Crippen LogP contribution in [0.1, 0.15) is 35.8 Å². The van der Waals surface area contributed by atoms with E-state index < -0.39 is 0 Å². The Hall–Kier alpha value is -0.860. The van der Waals surface area contributed by atoms with Crippen LogP contribution in [0.25, 0.3) is 10.1 Å². The molecule has 2 rings (SSSR count). The van der Waals surface area contributed by atoms with E-state index >= 15 is 0 Å². The van der Waals surface area contributed by atoms with Crippen molar-refractivity contribution >= 4 is 21.4 Å². The van der Waals surface area contributed by atoms with Crippen molar-refractivity contribution in [1.29, 1.82) is 0 Å². The largest absolute Gasteiger partial charge is 0.315 e. The molecule has 0 fully saturated rings. The molecule has 1 nitrogen and oxygen atoms in total. The lowest BCUT2D eigenvalue weighted by Gasteiger charge is -2.05. The van der Waals surface area contributed by atoms with Gasteiger partial charge in [0.2, 0.25) is 0 Å². The van der Waals surface area contributed by atoms with Gasteiger partial charge in [0.1, 0.15) is 0 Å². The minimum absolute atomic E-state index is 0.608. The summed E-state index contributed by atoms with van der Waals surface area (Å²) in [6.07, 6.45) is 0. The van der Waals surface area contributed by atoms with Gasteiger partial charge >= 0.3 is 0 Å². The highest BCUT2D eigenvalue weighted by atomic mass is 32.1. The SMILES string of the molecule is CNCc1sc2ccc(C(C)C)cc2c1C. The summed E-state index contributed by atoms with van der Waals surface area (Å²) in [5.41, 5.74) is 2.88. The zero-order chi connectivity index (χ0) is 11.7. The normalized spacial score (nSPS) is 11.6. The Labute approximate surface area is 101 Å². The van der Waals surface area contributed by atoms with Crippen molar-refractivity contribution in [1.82, 2.24) is 5.32 Å². The number of nitrogens with one attached hydrogen (secondary N) is 1. The van der Waals surface area contributed by atoms with Gasteiger partial charge in [-0.15, -0.1) is 11.3 Å². The van der Waals surface area contributed by atoms with Gasteiger partial charge in [-0.3, -0.25) is 0 Å². The smallest absolute Gasteiger partial charge is 0.0349 e. The minimum atomic E-state index is 0.608. The molecule has 2 heteroatoms. The number of hydrogen-bond donors (Lipinski definition) is 1. The summed E-state index contributed by atoms with van der Waals surface area (Å²) in [7, 11) is 2.00. The Balaban J connectivity index is 2.55. The van der Waals surface area contributed by atoms with E-state index in [0.717, 1.165) is 6.54 Å². The average Bonchev–Trinajstić information content (AvgIpc) is 2.56. The molecule has 0 aliphatic rings. The van der Waals surface area contributed by atoms with E-state index in [2.05, 4.69) is 44.3 Å². The Bertz CT molecular complexity index is 497. The second kappa shape index (κ2) is 4.56. The van der Waals surface area contributed by atoms with Crippen molar-refractivity contribution in [3.8, 4) is 0 Å². The second-order valence-electron chi connectivity index (χ2n) is 4.59. The van der Waals surface area contributed by atoms with Gasteiger partial charge in [0.05, 0.1) is 0 Å². The minimum Gasteiger partial charge on any atom is -0.315 e. The first kappa shape index (κ1) is 11.6. The first-order valence-electron chi connectivity index (χ1n) is 5.80. The molecule has 0 aliphatic heterocycles. The van der Waals surface area contributed by atoms with E-state index in [1.165, 1.54) is 26.1 Å². The van der Waals surface area contributed by atoms with E-state index in [4.69, 9.17) is 0 Å². The highest BCUT2D eigenvalue weighted by molar-refractivity contribution is 7.19. The molecule has 2 aromatic rings. The van der Waals surface area contributed by atoms with Gasteiger partial charge in [-0.2, -0.15) is 0 Å². The molecule has 0 radical (unpaired) electrons. The third-order valence-electron chi connectivity index (χ3n) is 3.06. The van der Waals surface area contributed by atoms with Gasteiger partial charge in [-0.1, -0.05) is 19.9 Å². The van der Waals surface area contributed by atoms with Crippen molar-refractivity contribution < 1.29 is 0 Å². The fraction of sp³-hybridized carbons (Fsp3) is 0.429. The van der Waals surface area contributed by atoms with Crippen molar-refractivity contribution in [2.45, 2.75) is 33.2 Å². The molecule has 16 heavy (non-hydrogen) atoms. The first-order chi connectivity index (χ1) is 7.63. The maximum Gasteiger partial charge on any atom is 0.0349 e. The molecule has 86 valence electrons. The summed E-state index contributed by atoms with van der Waals surface area (Å²) < 4.78 is 1.41. The topological polar surface area (TPSA) is 12.0 Å². The van der Waals surface area contributed by atoms with Crippen LogP contribution in [0.15, 0.2) is 18.2 Å². The molecule has 0 unspecified atom stereocenters. The molecule has 0 saturated carbocycles. The van der Waals surface area contributed by atoms with Crippen molar-refractivity contribution in [2.24, 2.45) is 0 Å². The third-order valence-corrected chi connectivity index (χ3v) is 4.34. The van der Waals surface area contributed by atoms with Crippen LogP contribution in [-0.4, -0.2) is 7.05 Å². The molecular weight excluding hydrogens is 214 g/mol. The molecule has 0 spiro atoms. The standard InChI is InChI=1S/C14H19NS/c1-9(2)11-5-6-13-12(7-11)10(3)14(16-13)8-15-4/h5-7,9,15H,8H2,1-4H3. The Morgan fingerprint density at radius 3 is 2.69 bits per heavy atom. The van der Waals surface area contributed by atoms with Crippen LogP contribution >= 0.6 is 11.3 Å². The molecule has 0 aliphatic carbocycles. The van der Waals surface area contributed by atoms with Crippen LogP contribution in [-0.2, 0) is 6.54 Å². The fourth-order valence-electron chi connectivity index (χ4n) is 1.98. The van der Waals surface area contributed by atoms with Gasteiger partial charge < -0.3 is 5.32 Å². The molecule has 1 aromatic carbocycles. The van der Waals surface area contributed by atoms with E-state index in [9.17, 15) is 0 Å². The fourth-order valence-corrected chi connectivity index (χ4v) is 3.18. The van der Waals surface area contributed by atoms with E-state index in [1.807, 2.05) is 18.4 Å². The zero-order valence-electron chi connectivity index (χ0n) is 10.4. The molecule has 1 heterocycles.